The summed E-state index contributed by atoms with van der Waals surface area (Å²) in [5.41, 5.74) is 5.26. The molecule has 1 amide bonds. The molecule has 0 radical (unpaired) electrons. The highest BCUT2D eigenvalue weighted by atomic mass is 32.1. The number of amides is 1. The average molecular weight is 296 g/mol. The summed E-state index contributed by atoms with van der Waals surface area (Å²) in [6, 6.07) is 4.31. The van der Waals surface area contributed by atoms with E-state index in [1.807, 2.05) is 0 Å². The van der Waals surface area contributed by atoms with Crippen molar-refractivity contribution in [1.29, 1.82) is 0 Å². The number of hydrogen-bond donors (Lipinski definition) is 2. The van der Waals surface area contributed by atoms with Gasteiger partial charge in [0.2, 0.25) is 5.91 Å². The molecule has 0 spiro atoms. The van der Waals surface area contributed by atoms with Gasteiger partial charge in [-0.15, -0.1) is 0 Å². The number of benzene rings is 1. The first-order valence-electron chi connectivity index (χ1n) is 6.53. The van der Waals surface area contributed by atoms with E-state index < -0.39 is 11.2 Å². The van der Waals surface area contributed by atoms with Gasteiger partial charge in [0.15, 0.2) is 11.6 Å². The summed E-state index contributed by atoms with van der Waals surface area (Å²) in [5.74, 6) is -0.611. The smallest absolute Gasteiger partial charge is 0.237 e. The lowest BCUT2D eigenvalue weighted by molar-refractivity contribution is -0.125. The van der Waals surface area contributed by atoms with Crippen molar-refractivity contribution in [2.75, 3.05) is 11.9 Å². The van der Waals surface area contributed by atoms with Gasteiger partial charge in [-0.3, -0.25) is 4.79 Å². The van der Waals surface area contributed by atoms with Crippen LogP contribution >= 0.6 is 12.2 Å². The molecule has 1 aromatic rings. The first kappa shape index (κ1) is 14.7. The summed E-state index contributed by atoms with van der Waals surface area (Å²) in [5, 5.41) is 2.67. The summed E-state index contributed by atoms with van der Waals surface area (Å²) in [6.45, 7) is 2.16. The zero-order valence-corrected chi connectivity index (χ0v) is 12.1. The largest absolute Gasteiger partial charge is 0.491 e. The Labute approximate surface area is 122 Å². The molecule has 1 aliphatic rings. The average Bonchev–Trinajstić information content (AvgIpc) is 2.30. The fourth-order valence-electron chi connectivity index (χ4n) is 2.22. The maximum absolute atomic E-state index is 13.7. The van der Waals surface area contributed by atoms with E-state index in [4.69, 9.17) is 22.7 Å². The zero-order chi connectivity index (χ0) is 14.8. The molecule has 1 fully saturated rings. The van der Waals surface area contributed by atoms with Crippen molar-refractivity contribution in [3.05, 3.63) is 24.0 Å². The molecule has 3 N–H and O–H groups in total. The molecule has 0 saturated heterocycles. The topological polar surface area (TPSA) is 64.3 Å². The predicted octanol–water partition coefficient (Wildman–Crippen LogP) is 2.62. The van der Waals surface area contributed by atoms with E-state index in [1.54, 1.807) is 13.0 Å². The fourth-order valence-corrected chi connectivity index (χ4v) is 2.51. The van der Waals surface area contributed by atoms with E-state index in [2.05, 4.69) is 5.32 Å². The molecule has 108 valence electrons. The number of rotatable bonds is 5. The summed E-state index contributed by atoms with van der Waals surface area (Å²) in [4.78, 5) is 12.4. The first-order chi connectivity index (χ1) is 9.49. The van der Waals surface area contributed by atoms with E-state index in [0.29, 0.717) is 25.1 Å². The Kier molecular flexibility index (Phi) is 4.23. The van der Waals surface area contributed by atoms with Crippen LogP contribution in [0, 0.1) is 11.2 Å². The lowest BCUT2D eigenvalue weighted by Gasteiger charge is -2.39. The minimum atomic E-state index is -0.773. The lowest BCUT2D eigenvalue weighted by atomic mass is 9.68. The van der Waals surface area contributed by atoms with Crippen LogP contribution in [0.5, 0.6) is 5.75 Å². The van der Waals surface area contributed by atoms with E-state index in [-0.39, 0.29) is 16.6 Å². The molecule has 0 unspecified atom stereocenters. The maximum atomic E-state index is 13.7. The number of nitrogens with one attached hydrogen (secondary N) is 1. The molecule has 0 aromatic heterocycles. The van der Waals surface area contributed by atoms with Gasteiger partial charge in [-0.2, -0.15) is 0 Å². The molecule has 0 heterocycles. The molecule has 20 heavy (non-hydrogen) atoms. The summed E-state index contributed by atoms with van der Waals surface area (Å²) >= 11 is 4.98. The number of ether oxygens (including phenoxy) is 1. The molecule has 1 aromatic carbocycles. The van der Waals surface area contributed by atoms with E-state index in [0.717, 1.165) is 6.42 Å². The van der Waals surface area contributed by atoms with E-state index >= 15 is 0 Å². The number of hydrogen-bond acceptors (Lipinski definition) is 3. The molecule has 2 rings (SSSR count). The second kappa shape index (κ2) is 5.75. The second-order valence-corrected chi connectivity index (χ2v) is 5.27. The van der Waals surface area contributed by atoms with Gasteiger partial charge in [0.25, 0.3) is 0 Å². The number of anilines is 1. The highest BCUT2D eigenvalue weighted by molar-refractivity contribution is 7.80. The van der Waals surface area contributed by atoms with Crippen LogP contribution in [-0.4, -0.2) is 17.5 Å². The standard InChI is InChI=1S/C14H17FN2O2S/c1-2-19-11-5-4-9(8-10(11)15)17-13(18)14(12(16)20)6-3-7-14/h4-5,8H,2-3,6-7H2,1H3,(H2,16,20)(H,17,18). The fraction of sp³-hybridized carbons (Fsp3) is 0.429. The molecule has 4 nitrogen and oxygen atoms in total. The van der Waals surface area contributed by atoms with Gasteiger partial charge in [-0.05, 0) is 31.9 Å². The monoisotopic (exact) mass is 296 g/mol. The van der Waals surface area contributed by atoms with Gasteiger partial charge >= 0.3 is 0 Å². The van der Waals surface area contributed by atoms with Crippen molar-refractivity contribution in [2.24, 2.45) is 11.1 Å². The number of thiocarbonyl (C=S) groups is 1. The quantitative estimate of drug-likeness (QED) is 0.820. The Bertz CT molecular complexity index is 544. The van der Waals surface area contributed by atoms with Gasteiger partial charge in [-0.1, -0.05) is 18.6 Å². The third-order valence-corrected chi connectivity index (χ3v) is 3.99. The van der Waals surface area contributed by atoms with Crippen molar-refractivity contribution >= 4 is 28.8 Å². The Morgan fingerprint density at radius 3 is 2.70 bits per heavy atom. The van der Waals surface area contributed by atoms with Crippen LogP contribution in [0.3, 0.4) is 0 Å². The van der Waals surface area contributed by atoms with Gasteiger partial charge < -0.3 is 15.8 Å². The number of carbonyl (C=O) groups is 1. The van der Waals surface area contributed by atoms with Crippen LogP contribution in [0.15, 0.2) is 18.2 Å². The normalized spacial score (nSPS) is 16.1. The summed E-state index contributed by atoms with van der Waals surface area (Å²) < 4.78 is 18.8. The van der Waals surface area contributed by atoms with Crippen LogP contribution in [0.1, 0.15) is 26.2 Å². The third kappa shape index (κ3) is 2.60. The Hall–Kier alpha value is -1.69. The van der Waals surface area contributed by atoms with Crippen molar-refractivity contribution in [3.63, 3.8) is 0 Å². The highest BCUT2D eigenvalue weighted by Crippen LogP contribution is 2.42. The molecule has 6 heteroatoms. The van der Waals surface area contributed by atoms with E-state index in [1.165, 1.54) is 12.1 Å². The molecule has 1 aliphatic carbocycles. The minimum Gasteiger partial charge on any atom is -0.491 e. The van der Waals surface area contributed by atoms with Crippen LogP contribution in [0.25, 0.3) is 0 Å². The SMILES string of the molecule is CCOc1ccc(NC(=O)C2(C(N)=S)CCC2)cc1F. The Balaban J connectivity index is 2.12. The van der Waals surface area contributed by atoms with Gasteiger partial charge in [0.05, 0.1) is 17.0 Å². The van der Waals surface area contributed by atoms with Crippen LogP contribution < -0.4 is 15.8 Å². The van der Waals surface area contributed by atoms with Crippen molar-refractivity contribution in [2.45, 2.75) is 26.2 Å². The van der Waals surface area contributed by atoms with Crippen molar-refractivity contribution in [1.82, 2.24) is 0 Å². The van der Waals surface area contributed by atoms with Crippen molar-refractivity contribution < 1.29 is 13.9 Å². The van der Waals surface area contributed by atoms with E-state index in [9.17, 15) is 9.18 Å². The van der Waals surface area contributed by atoms with Crippen LogP contribution in [-0.2, 0) is 4.79 Å². The number of carbonyl (C=O) groups excluding carboxylic acids is 1. The maximum Gasteiger partial charge on any atom is 0.237 e. The van der Waals surface area contributed by atoms with Crippen LogP contribution in [0.2, 0.25) is 0 Å². The molecular formula is C14H17FN2O2S. The van der Waals surface area contributed by atoms with Crippen LogP contribution in [0.4, 0.5) is 10.1 Å². The number of halogens is 1. The molecule has 0 atom stereocenters. The molecule has 1 saturated carbocycles. The van der Waals surface area contributed by atoms with Gasteiger partial charge in [0.1, 0.15) is 0 Å². The first-order valence-corrected chi connectivity index (χ1v) is 6.94. The molecular weight excluding hydrogens is 279 g/mol. The lowest BCUT2D eigenvalue weighted by Crippen LogP contribution is -2.50. The Morgan fingerprint density at radius 2 is 2.25 bits per heavy atom. The summed E-state index contributed by atoms with van der Waals surface area (Å²) in [7, 11) is 0. The third-order valence-electron chi connectivity index (χ3n) is 3.60. The zero-order valence-electron chi connectivity index (χ0n) is 11.2. The second-order valence-electron chi connectivity index (χ2n) is 4.83. The van der Waals surface area contributed by atoms with Gasteiger partial charge in [0, 0.05) is 11.8 Å². The summed E-state index contributed by atoms with van der Waals surface area (Å²) in [6.07, 6.45) is 2.21. The molecule has 0 bridgehead atoms. The predicted molar refractivity (Wildman–Crippen MR) is 79.3 cm³/mol. The van der Waals surface area contributed by atoms with Gasteiger partial charge in [-0.25, -0.2) is 4.39 Å². The Morgan fingerprint density at radius 1 is 1.55 bits per heavy atom. The number of nitrogens with two attached hydrogens (primary N) is 1. The molecule has 0 aliphatic heterocycles. The highest BCUT2D eigenvalue weighted by Gasteiger charge is 2.46. The minimum absolute atomic E-state index is 0.165. The van der Waals surface area contributed by atoms with Crippen molar-refractivity contribution in [3.8, 4) is 5.75 Å².